The lowest BCUT2D eigenvalue weighted by molar-refractivity contribution is 0.121. The number of aliphatic hydroxyl groups excluding tert-OH is 1. The van der Waals surface area contributed by atoms with Crippen LogP contribution in [0.2, 0.25) is 0 Å². The highest BCUT2D eigenvalue weighted by atomic mass is 16.3. The molecule has 0 spiro atoms. The lowest BCUT2D eigenvalue weighted by Gasteiger charge is -2.19. The van der Waals surface area contributed by atoms with Crippen molar-refractivity contribution >= 4 is 0 Å². The van der Waals surface area contributed by atoms with E-state index in [-0.39, 0.29) is 6.10 Å². The number of benzene rings is 1. The van der Waals surface area contributed by atoms with E-state index >= 15 is 0 Å². The van der Waals surface area contributed by atoms with E-state index in [1.165, 1.54) is 12.0 Å². The molecule has 1 N–H and O–H groups in total. The van der Waals surface area contributed by atoms with Crippen LogP contribution in [-0.4, -0.2) is 35.7 Å². The molecule has 2 heteroatoms. The molecule has 1 saturated heterocycles. The smallest absolute Gasteiger partial charge is 0.0664 e. The molecule has 0 saturated carbocycles. The average molecular weight is 219 g/mol. The maximum absolute atomic E-state index is 9.63. The van der Waals surface area contributed by atoms with Gasteiger partial charge in [0.15, 0.2) is 0 Å². The van der Waals surface area contributed by atoms with Gasteiger partial charge in [0.2, 0.25) is 0 Å². The fraction of sp³-hybridized carbons (Fsp3) is 0.571. The van der Waals surface area contributed by atoms with Gasteiger partial charge in [0.05, 0.1) is 6.10 Å². The Labute approximate surface area is 97.9 Å². The number of aliphatic hydroxyl groups is 1. The molecule has 16 heavy (non-hydrogen) atoms. The van der Waals surface area contributed by atoms with E-state index in [9.17, 15) is 5.11 Å². The van der Waals surface area contributed by atoms with Crippen LogP contribution in [0.1, 0.15) is 31.2 Å². The quantitative estimate of drug-likeness (QED) is 0.839. The monoisotopic (exact) mass is 219 g/mol. The first kappa shape index (κ1) is 11.6. The number of likely N-dealkylation sites (tertiary alicyclic amines) is 1. The van der Waals surface area contributed by atoms with Gasteiger partial charge in [0.1, 0.15) is 0 Å². The van der Waals surface area contributed by atoms with Gasteiger partial charge in [-0.1, -0.05) is 37.3 Å². The first-order valence-electron chi connectivity index (χ1n) is 6.25. The first-order valence-corrected chi connectivity index (χ1v) is 6.25. The Morgan fingerprint density at radius 2 is 2.12 bits per heavy atom. The minimum atomic E-state index is -0.158. The zero-order valence-corrected chi connectivity index (χ0v) is 9.97. The number of rotatable bonds is 4. The van der Waals surface area contributed by atoms with Gasteiger partial charge in [-0.15, -0.1) is 0 Å². The molecular weight excluding hydrogens is 198 g/mol. The Balaban J connectivity index is 1.89. The second-order valence-electron chi connectivity index (χ2n) is 4.72. The summed E-state index contributed by atoms with van der Waals surface area (Å²) < 4.78 is 0. The van der Waals surface area contributed by atoms with Gasteiger partial charge in [-0.25, -0.2) is 0 Å². The van der Waals surface area contributed by atoms with E-state index in [4.69, 9.17) is 0 Å². The molecular formula is C14H21NO. The molecule has 1 heterocycles. The summed E-state index contributed by atoms with van der Waals surface area (Å²) in [7, 11) is 0. The van der Waals surface area contributed by atoms with Crippen LogP contribution < -0.4 is 0 Å². The fourth-order valence-electron chi connectivity index (χ4n) is 2.42. The predicted molar refractivity (Wildman–Crippen MR) is 66.5 cm³/mol. The molecule has 2 unspecified atom stereocenters. The van der Waals surface area contributed by atoms with Crippen molar-refractivity contribution in [3.63, 3.8) is 0 Å². The first-order chi connectivity index (χ1) is 7.79. The minimum absolute atomic E-state index is 0.158. The average Bonchev–Trinajstić information content (AvgIpc) is 2.78. The highest BCUT2D eigenvalue weighted by Gasteiger charge is 2.24. The number of hydrogen-bond donors (Lipinski definition) is 1. The van der Waals surface area contributed by atoms with Crippen molar-refractivity contribution in [1.82, 2.24) is 4.90 Å². The van der Waals surface area contributed by atoms with Crippen LogP contribution in [0.4, 0.5) is 0 Å². The largest absolute Gasteiger partial charge is 0.392 e. The third-order valence-electron chi connectivity index (χ3n) is 3.48. The van der Waals surface area contributed by atoms with Gasteiger partial charge in [0.25, 0.3) is 0 Å². The van der Waals surface area contributed by atoms with Crippen molar-refractivity contribution in [2.24, 2.45) is 0 Å². The van der Waals surface area contributed by atoms with Crippen molar-refractivity contribution in [3.05, 3.63) is 35.9 Å². The topological polar surface area (TPSA) is 23.5 Å². The SMILES string of the molecule is CCC(O)CN1CCC(c2ccccc2)C1. The summed E-state index contributed by atoms with van der Waals surface area (Å²) in [6.45, 7) is 5.09. The summed E-state index contributed by atoms with van der Waals surface area (Å²) in [6.07, 6.45) is 1.92. The molecule has 0 radical (unpaired) electrons. The van der Waals surface area contributed by atoms with E-state index in [2.05, 4.69) is 35.2 Å². The van der Waals surface area contributed by atoms with Crippen LogP contribution in [0, 0.1) is 0 Å². The number of nitrogens with zero attached hydrogens (tertiary/aromatic N) is 1. The molecule has 1 aromatic rings. The Hall–Kier alpha value is -0.860. The van der Waals surface area contributed by atoms with Crippen LogP contribution in [0.25, 0.3) is 0 Å². The third-order valence-corrected chi connectivity index (χ3v) is 3.48. The zero-order chi connectivity index (χ0) is 11.4. The van der Waals surface area contributed by atoms with E-state index in [1.807, 2.05) is 6.92 Å². The molecule has 2 nitrogen and oxygen atoms in total. The van der Waals surface area contributed by atoms with E-state index in [0.717, 1.165) is 26.1 Å². The highest BCUT2D eigenvalue weighted by molar-refractivity contribution is 5.20. The molecule has 88 valence electrons. The normalized spacial score (nSPS) is 23.5. The predicted octanol–water partition coefficient (Wildman–Crippen LogP) is 2.25. The van der Waals surface area contributed by atoms with Crippen molar-refractivity contribution < 1.29 is 5.11 Å². The molecule has 0 aliphatic carbocycles. The summed E-state index contributed by atoms with van der Waals surface area (Å²) in [5.41, 5.74) is 1.44. The van der Waals surface area contributed by atoms with Crippen LogP contribution in [0.3, 0.4) is 0 Å². The van der Waals surface area contributed by atoms with Gasteiger partial charge < -0.3 is 10.0 Å². The maximum Gasteiger partial charge on any atom is 0.0664 e. The van der Waals surface area contributed by atoms with E-state index in [1.54, 1.807) is 0 Å². The van der Waals surface area contributed by atoms with Crippen molar-refractivity contribution in [1.29, 1.82) is 0 Å². The Bertz CT molecular complexity index is 312. The van der Waals surface area contributed by atoms with Crippen molar-refractivity contribution in [2.45, 2.75) is 31.8 Å². The maximum atomic E-state index is 9.63. The summed E-state index contributed by atoms with van der Waals surface area (Å²) in [6, 6.07) is 10.7. The fourth-order valence-corrected chi connectivity index (χ4v) is 2.42. The second-order valence-corrected chi connectivity index (χ2v) is 4.72. The molecule has 0 bridgehead atoms. The molecule has 2 rings (SSSR count). The lowest BCUT2D eigenvalue weighted by Crippen LogP contribution is -2.30. The van der Waals surface area contributed by atoms with Crippen molar-refractivity contribution in [3.8, 4) is 0 Å². The lowest BCUT2D eigenvalue weighted by atomic mass is 9.99. The van der Waals surface area contributed by atoms with Crippen LogP contribution in [-0.2, 0) is 0 Å². The standard InChI is InChI=1S/C14H21NO/c1-2-14(16)11-15-9-8-13(10-15)12-6-4-3-5-7-12/h3-7,13-14,16H,2,8-11H2,1H3. The van der Waals surface area contributed by atoms with Gasteiger partial charge in [0, 0.05) is 13.1 Å². The second kappa shape index (κ2) is 5.46. The van der Waals surface area contributed by atoms with Crippen LogP contribution >= 0.6 is 0 Å². The molecule has 2 atom stereocenters. The van der Waals surface area contributed by atoms with Crippen LogP contribution in [0.5, 0.6) is 0 Å². The van der Waals surface area contributed by atoms with Gasteiger partial charge in [-0.2, -0.15) is 0 Å². The number of hydrogen-bond acceptors (Lipinski definition) is 2. The molecule has 1 aliphatic heterocycles. The molecule has 1 fully saturated rings. The van der Waals surface area contributed by atoms with Crippen LogP contribution in [0.15, 0.2) is 30.3 Å². The minimum Gasteiger partial charge on any atom is -0.392 e. The summed E-state index contributed by atoms with van der Waals surface area (Å²) >= 11 is 0. The summed E-state index contributed by atoms with van der Waals surface area (Å²) in [5.74, 6) is 0.658. The van der Waals surface area contributed by atoms with Gasteiger partial charge >= 0.3 is 0 Å². The molecule has 0 aromatic heterocycles. The van der Waals surface area contributed by atoms with Gasteiger partial charge in [-0.3, -0.25) is 0 Å². The molecule has 1 aromatic carbocycles. The zero-order valence-electron chi connectivity index (χ0n) is 9.97. The Morgan fingerprint density at radius 1 is 1.38 bits per heavy atom. The Morgan fingerprint density at radius 3 is 2.81 bits per heavy atom. The van der Waals surface area contributed by atoms with E-state index < -0.39 is 0 Å². The third kappa shape index (κ3) is 2.83. The summed E-state index contributed by atoms with van der Waals surface area (Å²) in [5, 5.41) is 9.63. The van der Waals surface area contributed by atoms with Gasteiger partial charge in [-0.05, 0) is 30.9 Å². The van der Waals surface area contributed by atoms with Crippen molar-refractivity contribution in [2.75, 3.05) is 19.6 Å². The van der Waals surface area contributed by atoms with E-state index in [0.29, 0.717) is 5.92 Å². The molecule has 0 amide bonds. The number of β-amino-alcohol motifs (C(OH)–C–C–N with tert-alkyl or cyclic N) is 1. The summed E-state index contributed by atoms with van der Waals surface area (Å²) in [4.78, 5) is 2.38. The Kier molecular flexibility index (Phi) is 3.97. The molecule has 1 aliphatic rings. The highest BCUT2D eigenvalue weighted by Crippen LogP contribution is 2.26.